The van der Waals surface area contributed by atoms with Crippen molar-refractivity contribution in [3.8, 4) is 5.75 Å². The fourth-order valence-corrected chi connectivity index (χ4v) is 4.20. The van der Waals surface area contributed by atoms with Gasteiger partial charge in [-0.3, -0.25) is 14.4 Å². The second kappa shape index (κ2) is 8.07. The van der Waals surface area contributed by atoms with Crippen LogP contribution in [-0.2, 0) is 6.61 Å². The minimum absolute atomic E-state index is 0.340. The first-order chi connectivity index (χ1) is 15.1. The summed E-state index contributed by atoms with van der Waals surface area (Å²) >= 11 is 0. The van der Waals surface area contributed by atoms with Crippen LogP contribution in [0.5, 0.6) is 5.75 Å². The van der Waals surface area contributed by atoms with Crippen LogP contribution in [0.25, 0.3) is 5.70 Å². The highest BCUT2D eigenvalue weighted by Gasteiger charge is 2.36. The van der Waals surface area contributed by atoms with E-state index in [4.69, 9.17) is 4.74 Å². The lowest BCUT2D eigenvalue weighted by Gasteiger charge is -2.24. The maximum atomic E-state index is 13.9. The van der Waals surface area contributed by atoms with E-state index in [1.54, 1.807) is 18.3 Å². The van der Waals surface area contributed by atoms with E-state index in [0.29, 0.717) is 35.9 Å². The zero-order chi connectivity index (χ0) is 21.4. The zero-order valence-electron chi connectivity index (χ0n) is 16.7. The number of nitrogens with zero attached hydrogens (tertiary/aromatic N) is 2. The number of allylic oxidation sites excluding steroid dienone is 4. The van der Waals surface area contributed by atoms with Crippen LogP contribution in [0.1, 0.15) is 12.0 Å². The molecule has 1 fully saturated rings. The number of piperidine rings is 1. The molecule has 1 aromatic carbocycles. The van der Waals surface area contributed by atoms with Crippen molar-refractivity contribution >= 4 is 11.4 Å². The average Bonchev–Trinajstić information content (AvgIpc) is 3.16. The minimum Gasteiger partial charge on any atom is -0.489 e. The van der Waals surface area contributed by atoms with Gasteiger partial charge in [0.1, 0.15) is 12.4 Å². The summed E-state index contributed by atoms with van der Waals surface area (Å²) in [5.74, 6) is -0.660. The van der Waals surface area contributed by atoms with Gasteiger partial charge in [-0.2, -0.15) is 0 Å². The van der Waals surface area contributed by atoms with Gasteiger partial charge in [-0.05, 0) is 34.9 Å². The number of fused-ring (bicyclic) bond motifs is 2. The van der Waals surface area contributed by atoms with Gasteiger partial charge in [0, 0.05) is 43.2 Å². The smallest absolute Gasteiger partial charge is 0.258 e. The van der Waals surface area contributed by atoms with Crippen LogP contribution in [0.2, 0.25) is 0 Å². The van der Waals surface area contributed by atoms with E-state index in [0.717, 1.165) is 29.8 Å². The molecule has 31 heavy (non-hydrogen) atoms. The van der Waals surface area contributed by atoms with Crippen LogP contribution in [-0.4, -0.2) is 29.8 Å². The molecule has 1 aliphatic carbocycles. The van der Waals surface area contributed by atoms with Crippen molar-refractivity contribution in [2.75, 3.05) is 13.1 Å². The average molecular weight is 421 g/mol. The number of rotatable bonds is 5. The molecule has 1 N–H and O–H groups in total. The molecule has 1 saturated heterocycles. The van der Waals surface area contributed by atoms with Gasteiger partial charge >= 0.3 is 0 Å². The lowest BCUT2D eigenvalue weighted by Crippen LogP contribution is -2.31. The first-order valence-electron chi connectivity index (χ1n) is 10.2. The number of hydrogen-bond acceptors (Lipinski definition) is 4. The summed E-state index contributed by atoms with van der Waals surface area (Å²) in [5.41, 5.74) is 3.91. The number of alkyl halides is 2. The van der Waals surface area contributed by atoms with Crippen LogP contribution in [0.15, 0.2) is 87.4 Å². The Morgan fingerprint density at radius 2 is 2.06 bits per heavy atom. The first-order valence-corrected chi connectivity index (χ1v) is 10.2. The van der Waals surface area contributed by atoms with Crippen molar-refractivity contribution in [2.45, 2.75) is 19.5 Å². The van der Waals surface area contributed by atoms with Crippen molar-refractivity contribution in [1.82, 2.24) is 9.88 Å². The molecular formula is C24H21F2N3O2. The predicted octanol–water partition coefficient (Wildman–Crippen LogP) is 3.79. The van der Waals surface area contributed by atoms with Gasteiger partial charge < -0.3 is 10.1 Å². The second-order valence-corrected chi connectivity index (χ2v) is 7.70. The van der Waals surface area contributed by atoms with E-state index in [1.807, 2.05) is 30.3 Å². The highest BCUT2D eigenvalue weighted by atomic mass is 19.3. The van der Waals surface area contributed by atoms with Crippen LogP contribution in [0, 0.1) is 5.92 Å². The van der Waals surface area contributed by atoms with Crippen LogP contribution in [0.3, 0.4) is 0 Å². The summed E-state index contributed by atoms with van der Waals surface area (Å²) in [7, 11) is 0. The number of aliphatic imine (C=N–C) groups is 1. The highest BCUT2D eigenvalue weighted by Crippen LogP contribution is 2.41. The molecule has 3 aliphatic rings. The zero-order valence-corrected chi connectivity index (χ0v) is 16.7. The predicted molar refractivity (Wildman–Crippen MR) is 115 cm³/mol. The maximum Gasteiger partial charge on any atom is 0.258 e. The van der Waals surface area contributed by atoms with Crippen molar-refractivity contribution < 1.29 is 13.5 Å². The topological polar surface area (TPSA) is 55.6 Å². The number of ether oxygens (including phenoxy) is 1. The minimum atomic E-state index is -2.58. The quantitative estimate of drug-likeness (QED) is 0.799. The summed E-state index contributed by atoms with van der Waals surface area (Å²) in [6.07, 6.45) is 2.88. The van der Waals surface area contributed by atoms with Crippen molar-refractivity contribution in [1.29, 1.82) is 0 Å². The van der Waals surface area contributed by atoms with Crippen molar-refractivity contribution in [3.05, 3.63) is 93.6 Å². The number of pyridine rings is 1. The molecule has 2 aliphatic heterocycles. The summed E-state index contributed by atoms with van der Waals surface area (Å²) in [4.78, 5) is 17.3. The fourth-order valence-electron chi connectivity index (χ4n) is 4.20. The molecule has 0 amide bonds. The second-order valence-electron chi connectivity index (χ2n) is 7.70. The molecule has 158 valence electrons. The lowest BCUT2D eigenvalue weighted by molar-refractivity contribution is 0.116. The van der Waals surface area contributed by atoms with E-state index < -0.39 is 12.3 Å². The molecule has 5 nitrogen and oxygen atoms in total. The largest absolute Gasteiger partial charge is 0.489 e. The Labute approximate surface area is 178 Å². The molecule has 2 aromatic rings. The number of halogens is 2. The molecule has 0 spiro atoms. The molecule has 5 rings (SSSR count). The Morgan fingerprint density at radius 3 is 2.84 bits per heavy atom. The van der Waals surface area contributed by atoms with E-state index in [1.165, 1.54) is 16.7 Å². The van der Waals surface area contributed by atoms with Gasteiger partial charge in [0.05, 0.1) is 11.6 Å². The Hall–Kier alpha value is -3.32. The number of nitrogens with one attached hydrogen (secondary N) is 1. The molecule has 3 heterocycles. The standard InChI is InChI=1S/C24H21F2N3O2/c25-24(26)18-10-16(11-21-23(18)19-13-27-8-6-20(19)28-21)29-9-7-17(12-22(29)30)31-14-15-4-2-1-3-5-15/h1-5,7,9-12,18,24,27H,6,8,13-14H2. The Morgan fingerprint density at radius 1 is 1.23 bits per heavy atom. The van der Waals surface area contributed by atoms with Gasteiger partial charge in [0.15, 0.2) is 0 Å². The van der Waals surface area contributed by atoms with Gasteiger partial charge in [-0.15, -0.1) is 0 Å². The van der Waals surface area contributed by atoms with E-state index in [9.17, 15) is 13.6 Å². The van der Waals surface area contributed by atoms with Crippen LogP contribution in [0.4, 0.5) is 8.78 Å². The Balaban J connectivity index is 1.44. The molecule has 1 atom stereocenters. The van der Waals surface area contributed by atoms with Crippen LogP contribution < -0.4 is 15.6 Å². The molecular weight excluding hydrogens is 400 g/mol. The van der Waals surface area contributed by atoms with Crippen LogP contribution >= 0.6 is 0 Å². The van der Waals surface area contributed by atoms with Gasteiger partial charge in [-0.25, -0.2) is 8.78 Å². The molecule has 7 heteroatoms. The summed E-state index contributed by atoms with van der Waals surface area (Å²) in [6, 6.07) is 12.7. The molecule has 1 aromatic heterocycles. The monoisotopic (exact) mass is 421 g/mol. The normalized spacial score (nSPS) is 20.1. The SMILES string of the molecule is O=c1cc(OCc2ccccc2)ccn1C1=CC(C(F)F)C2=C3CNCCC3=NC2=C1. The van der Waals surface area contributed by atoms with Crippen molar-refractivity contribution in [2.24, 2.45) is 10.9 Å². The molecule has 1 unspecified atom stereocenters. The van der Waals surface area contributed by atoms with Crippen molar-refractivity contribution in [3.63, 3.8) is 0 Å². The Kier molecular flexibility index (Phi) is 5.11. The molecule has 0 radical (unpaired) electrons. The van der Waals surface area contributed by atoms with E-state index >= 15 is 0 Å². The third kappa shape index (κ3) is 3.77. The lowest BCUT2D eigenvalue weighted by atomic mass is 9.86. The number of benzene rings is 1. The fraction of sp³-hybridized carbons (Fsp3) is 0.250. The number of hydrogen-bond donors (Lipinski definition) is 1. The Bertz CT molecular complexity index is 1190. The molecule has 0 bridgehead atoms. The third-order valence-electron chi connectivity index (χ3n) is 5.70. The first kappa shape index (κ1) is 19.6. The van der Waals surface area contributed by atoms with Gasteiger partial charge in [0.25, 0.3) is 5.56 Å². The molecule has 0 saturated carbocycles. The highest BCUT2D eigenvalue weighted by molar-refractivity contribution is 6.06. The summed E-state index contributed by atoms with van der Waals surface area (Å²) < 4.78 is 35.0. The maximum absolute atomic E-state index is 13.9. The van der Waals surface area contributed by atoms with E-state index in [2.05, 4.69) is 10.3 Å². The van der Waals surface area contributed by atoms with Gasteiger partial charge in [-0.1, -0.05) is 30.3 Å². The summed E-state index contributed by atoms with van der Waals surface area (Å²) in [5, 5.41) is 3.23. The number of aromatic nitrogens is 1. The van der Waals surface area contributed by atoms with E-state index in [-0.39, 0.29) is 5.56 Å². The van der Waals surface area contributed by atoms with Gasteiger partial charge in [0.2, 0.25) is 6.43 Å². The summed E-state index contributed by atoms with van der Waals surface area (Å²) in [6.45, 7) is 1.67. The third-order valence-corrected chi connectivity index (χ3v) is 5.70.